The van der Waals surface area contributed by atoms with Crippen LogP contribution in [0.1, 0.15) is 34.1 Å². The Morgan fingerprint density at radius 2 is 1.36 bits per heavy atom. The van der Waals surface area contributed by atoms with E-state index in [4.69, 9.17) is 14.2 Å². The topological polar surface area (TPSA) is 27.7 Å². The van der Waals surface area contributed by atoms with Crippen LogP contribution in [0.2, 0.25) is 0 Å². The highest BCUT2D eigenvalue weighted by Crippen LogP contribution is 2.33. The normalized spacial score (nSPS) is 17.1. The van der Waals surface area contributed by atoms with Crippen LogP contribution >= 0.6 is 0 Å². The highest BCUT2D eigenvalue weighted by Gasteiger charge is 2.38. The van der Waals surface area contributed by atoms with Gasteiger partial charge in [0.05, 0.1) is 0 Å². The lowest BCUT2D eigenvalue weighted by Crippen LogP contribution is -2.46. The van der Waals surface area contributed by atoms with Crippen LogP contribution in [0, 0.1) is 5.41 Å². The van der Waals surface area contributed by atoms with Crippen molar-refractivity contribution in [2.24, 2.45) is 5.41 Å². The molecule has 86 valence electrons. The predicted molar refractivity (Wildman–Crippen MR) is 57.3 cm³/mol. The lowest BCUT2D eigenvalue weighted by molar-refractivity contribution is -0.227. The second kappa shape index (κ2) is 5.10. The Kier molecular flexibility index (Phi) is 5.06. The van der Waals surface area contributed by atoms with Crippen molar-refractivity contribution in [3.8, 4) is 0 Å². The van der Waals surface area contributed by atoms with Gasteiger partial charge < -0.3 is 14.2 Å². The SMILES string of the molecule is COC(OC)C(C)(CC(C)(C)C)OC. The van der Waals surface area contributed by atoms with Crippen molar-refractivity contribution in [1.29, 1.82) is 0 Å². The molecule has 0 bridgehead atoms. The molecule has 0 aromatic heterocycles. The lowest BCUT2D eigenvalue weighted by Gasteiger charge is -2.38. The highest BCUT2D eigenvalue weighted by molar-refractivity contribution is 4.84. The summed E-state index contributed by atoms with van der Waals surface area (Å²) in [6.45, 7) is 8.53. The number of methoxy groups -OCH3 is 3. The Balaban J connectivity index is 4.60. The molecule has 0 saturated carbocycles. The summed E-state index contributed by atoms with van der Waals surface area (Å²) in [7, 11) is 4.96. The summed E-state index contributed by atoms with van der Waals surface area (Å²) in [6.07, 6.45) is 0.551. The van der Waals surface area contributed by atoms with Crippen molar-refractivity contribution in [2.45, 2.75) is 46.0 Å². The Bertz CT molecular complexity index is 158. The van der Waals surface area contributed by atoms with E-state index in [1.165, 1.54) is 0 Å². The molecule has 3 nitrogen and oxygen atoms in total. The smallest absolute Gasteiger partial charge is 0.185 e. The van der Waals surface area contributed by atoms with Crippen molar-refractivity contribution >= 4 is 0 Å². The van der Waals surface area contributed by atoms with Crippen LogP contribution in [0.4, 0.5) is 0 Å². The second-order valence-electron chi connectivity index (χ2n) is 5.06. The molecule has 0 spiro atoms. The van der Waals surface area contributed by atoms with Gasteiger partial charge in [0.1, 0.15) is 5.60 Å². The molecule has 0 fully saturated rings. The quantitative estimate of drug-likeness (QED) is 0.644. The van der Waals surface area contributed by atoms with E-state index in [-0.39, 0.29) is 11.7 Å². The van der Waals surface area contributed by atoms with Crippen LogP contribution in [0.15, 0.2) is 0 Å². The third-order valence-corrected chi connectivity index (χ3v) is 2.27. The van der Waals surface area contributed by atoms with Crippen molar-refractivity contribution < 1.29 is 14.2 Å². The molecular formula is C11H24O3. The lowest BCUT2D eigenvalue weighted by atomic mass is 9.82. The fraction of sp³-hybridized carbons (Fsp3) is 1.00. The van der Waals surface area contributed by atoms with Crippen LogP contribution in [-0.4, -0.2) is 33.2 Å². The van der Waals surface area contributed by atoms with Crippen molar-refractivity contribution in [3.63, 3.8) is 0 Å². The first-order chi connectivity index (χ1) is 6.29. The molecule has 0 aliphatic heterocycles. The summed E-state index contributed by atoms with van der Waals surface area (Å²) in [5.41, 5.74) is -0.220. The number of hydrogen-bond donors (Lipinski definition) is 0. The van der Waals surface area contributed by atoms with Gasteiger partial charge in [0.2, 0.25) is 0 Å². The minimum absolute atomic E-state index is 0.181. The molecule has 0 rings (SSSR count). The van der Waals surface area contributed by atoms with Gasteiger partial charge in [0.15, 0.2) is 6.29 Å². The van der Waals surface area contributed by atoms with Gasteiger partial charge in [0.25, 0.3) is 0 Å². The van der Waals surface area contributed by atoms with E-state index in [9.17, 15) is 0 Å². The van der Waals surface area contributed by atoms with Gasteiger partial charge in [-0.2, -0.15) is 0 Å². The number of rotatable bonds is 5. The zero-order valence-corrected chi connectivity index (χ0v) is 10.5. The van der Waals surface area contributed by atoms with Gasteiger partial charge in [-0.25, -0.2) is 0 Å². The molecule has 0 radical (unpaired) electrons. The summed E-state index contributed by atoms with van der Waals surface area (Å²) in [5, 5.41) is 0. The fourth-order valence-electron chi connectivity index (χ4n) is 1.90. The van der Waals surface area contributed by atoms with Crippen LogP contribution < -0.4 is 0 Å². The Morgan fingerprint density at radius 3 is 1.57 bits per heavy atom. The molecule has 0 aromatic carbocycles. The zero-order valence-electron chi connectivity index (χ0n) is 10.5. The van der Waals surface area contributed by atoms with Crippen LogP contribution in [0.3, 0.4) is 0 Å². The molecular weight excluding hydrogens is 180 g/mol. The van der Waals surface area contributed by atoms with E-state index >= 15 is 0 Å². The number of ether oxygens (including phenoxy) is 3. The zero-order chi connectivity index (χ0) is 11.4. The largest absolute Gasteiger partial charge is 0.373 e. The molecule has 0 aliphatic rings. The molecule has 0 aromatic rings. The van der Waals surface area contributed by atoms with Gasteiger partial charge in [-0.1, -0.05) is 20.8 Å². The van der Waals surface area contributed by atoms with Gasteiger partial charge >= 0.3 is 0 Å². The van der Waals surface area contributed by atoms with E-state index in [0.29, 0.717) is 0 Å². The molecule has 3 heteroatoms. The second-order valence-corrected chi connectivity index (χ2v) is 5.06. The standard InChI is InChI=1S/C11H24O3/c1-10(2,3)8-11(4,14-7)9(12-5)13-6/h9H,8H2,1-7H3. The first-order valence-corrected chi connectivity index (χ1v) is 4.90. The summed E-state index contributed by atoms with van der Waals surface area (Å²) >= 11 is 0. The van der Waals surface area contributed by atoms with E-state index in [1.807, 2.05) is 6.92 Å². The summed E-state index contributed by atoms with van der Waals surface area (Å²) < 4.78 is 16.0. The average Bonchev–Trinajstić information content (AvgIpc) is 2.03. The van der Waals surface area contributed by atoms with Gasteiger partial charge in [0, 0.05) is 21.3 Å². The van der Waals surface area contributed by atoms with Crippen LogP contribution in [-0.2, 0) is 14.2 Å². The van der Waals surface area contributed by atoms with Crippen LogP contribution in [0.5, 0.6) is 0 Å². The Hall–Kier alpha value is -0.120. The maximum Gasteiger partial charge on any atom is 0.185 e. The summed E-state index contributed by atoms with van der Waals surface area (Å²) in [5.74, 6) is 0. The molecule has 0 heterocycles. The summed E-state index contributed by atoms with van der Waals surface area (Å²) in [4.78, 5) is 0. The van der Waals surface area contributed by atoms with Gasteiger partial charge in [-0.05, 0) is 18.8 Å². The highest BCUT2D eigenvalue weighted by atomic mass is 16.7. The third-order valence-electron chi connectivity index (χ3n) is 2.27. The Labute approximate surface area is 87.7 Å². The fourth-order valence-corrected chi connectivity index (χ4v) is 1.90. The van der Waals surface area contributed by atoms with E-state index in [1.54, 1.807) is 21.3 Å². The van der Waals surface area contributed by atoms with Crippen molar-refractivity contribution in [2.75, 3.05) is 21.3 Å². The monoisotopic (exact) mass is 204 g/mol. The molecule has 0 amide bonds. The predicted octanol–water partition coefficient (Wildman–Crippen LogP) is 2.45. The van der Waals surface area contributed by atoms with Gasteiger partial charge in [-0.3, -0.25) is 0 Å². The molecule has 14 heavy (non-hydrogen) atoms. The van der Waals surface area contributed by atoms with E-state index < -0.39 is 5.60 Å². The van der Waals surface area contributed by atoms with Crippen LogP contribution in [0.25, 0.3) is 0 Å². The molecule has 0 N–H and O–H groups in total. The Morgan fingerprint density at radius 1 is 0.929 bits per heavy atom. The molecule has 0 saturated heterocycles. The molecule has 1 unspecified atom stereocenters. The summed E-state index contributed by atoms with van der Waals surface area (Å²) in [6, 6.07) is 0. The minimum atomic E-state index is -0.401. The molecule has 0 aliphatic carbocycles. The van der Waals surface area contributed by atoms with E-state index in [0.717, 1.165) is 6.42 Å². The van der Waals surface area contributed by atoms with E-state index in [2.05, 4.69) is 20.8 Å². The first kappa shape index (κ1) is 13.9. The average molecular weight is 204 g/mol. The van der Waals surface area contributed by atoms with Crippen molar-refractivity contribution in [1.82, 2.24) is 0 Å². The third kappa shape index (κ3) is 3.95. The maximum atomic E-state index is 5.51. The maximum absolute atomic E-state index is 5.51. The minimum Gasteiger partial charge on any atom is -0.373 e. The van der Waals surface area contributed by atoms with Gasteiger partial charge in [-0.15, -0.1) is 0 Å². The first-order valence-electron chi connectivity index (χ1n) is 4.90. The number of hydrogen-bond acceptors (Lipinski definition) is 3. The van der Waals surface area contributed by atoms with Crippen molar-refractivity contribution in [3.05, 3.63) is 0 Å². The molecule has 1 atom stereocenters.